The van der Waals surface area contributed by atoms with Gasteiger partial charge in [0.25, 0.3) is 0 Å². The predicted molar refractivity (Wildman–Crippen MR) is 107 cm³/mol. The molecule has 0 radical (unpaired) electrons. The average Bonchev–Trinajstić information content (AvgIpc) is 2.65. The second-order valence-corrected chi connectivity index (χ2v) is 6.23. The highest BCUT2D eigenvalue weighted by molar-refractivity contribution is 6.00. The number of nitrogen functional groups attached to an aromatic ring is 1. The third kappa shape index (κ3) is 5.85. The van der Waals surface area contributed by atoms with Crippen molar-refractivity contribution in [2.75, 3.05) is 7.11 Å². The van der Waals surface area contributed by atoms with Gasteiger partial charge in [-0.1, -0.05) is 36.4 Å². The van der Waals surface area contributed by atoms with E-state index in [-0.39, 0.29) is 30.1 Å². The van der Waals surface area contributed by atoms with Crippen LogP contribution in [0.5, 0.6) is 0 Å². The van der Waals surface area contributed by atoms with Gasteiger partial charge < -0.3 is 21.9 Å². The van der Waals surface area contributed by atoms with E-state index in [1.54, 1.807) is 12.1 Å². The molecule has 142 valence electrons. The van der Waals surface area contributed by atoms with E-state index in [0.29, 0.717) is 11.3 Å². The molecule has 0 aromatic heterocycles. The zero-order valence-corrected chi connectivity index (χ0v) is 15.3. The van der Waals surface area contributed by atoms with Crippen molar-refractivity contribution in [3.63, 3.8) is 0 Å². The molecule has 2 aromatic rings. The number of nitrogens with one attached hydrogen (secondary N) is 1. The SMILES string of the molecule is COC(=O)CC(CCc1ccccc1)c1ccc(N=C(N)N)c(C(=N)N)c1. The number of aliphatic imine (C=N–C) groups is 1. The molecule has 0 heterocycles. The third-order valence-corrected chi connectivity index (χ3v) is 4.30. The van der Waals surface area contributed by atoms with Gasteiger partial charge in [-0.3, -0.25) is 10.2 Å². The van der Waals surface area contributed by atoms with Crippen LogP contribution in [0.2, 0.25) is 0 Å². The molecule has 0 bridgehead atoms. The Kier molecular flexibility index (Phi) is 6.93. The van der Waals surface area contributed by atoms with Crippen LogP contribution in [0.4, 0.5) is 5.69 Å². The fourth-order valence-electron chi connectivity index (χ4n) is 2.92. The van der Waals surface area contributed by atoms with Crippen LogP contribution in [0, 0.1) is 5.41 Å². The van der Waals surface area contributed by atoms with Crippen molar-refractivity contribution in [2.45, 2.75) is 25.2 Å². The van der Waals surface area contributed by atoms with E-state index >= 15 is 0 Å². The number of nitrogens with two attached hydrogens (primary N) is 3. The molecule has 2 rings (SSSR count). The van der Waals surface area contributed by atoms with Crippen LogP contribution in [-0.4, -0.2) is 24.9 Å². The summed E-state index contributed by atoms with van der Waals surface area (Å²) < 4.78 is 4.85. The topological polar surface area (TPSA) is 141 Å². The molecule has 0 aliphatic rings. The smallest absolute Gasteiger partial charge is 0.306 e. The van der Waals surface area contributed by atoms with Crippen molar-refractivity contribution in [3.8, 4) is 0 Å². The van der Waals surface area contributed by atoms with E-state index in [1.807, 2.05) is 24.3 Å². The first kappa shape index (κ1) is 20.0. The second kappa shape index (κ2) is 9.38. The maximum atomic E-state index is 11.9. The van der Waals surface area contributed by atoms with Gasteiger partial charge in [0.2, 0.25) is 0 Å². The molecule has 0 aliphatic carbocycles. The first-order valence-corrected chi connectivity index (χ1v) is 8.59. The van der Waals surface area contributed by atoms with Gasteiger partial charge in [0.1, 0.15) is 5.84 Å². The minimum atomic E-state index is -0.286. The number of methoxy groups -OCH3 is 1. The summed E-state index contributed by atoms with van der Waals surface area (Å²) in [6, 6.07) is 15.4. The maximum Gasteiger partial charge on any atom is 0.306 e. The fraction of sp³-hybridized carbons (Fsp3) is 0.250. The molecule has 0 saturated heterocycles. The van der Waals surface area contributed by atoms with Crippen molar-refractivity contribution in [3.05, 3.63) is 65.2 Å². The van der Waals surface area contributed by atoms with Crippen LogP contribution < -0.4 is 17.2 Å². The summed E-state index contributed by atoms with van der Waals surface area (Å²) in [6.45, 7) is 0. The molecule has 7 heteroatoms. The molecule has 0 aliphatic heterocycles. The number of nitrogens with zero attached hydrogens (tertiary/aromatic N) is 1. The molecule has 0 fully saturated rings. The van der Waals surface area contributed by atoms with Gasteiger partial charge in [0.05, 0.1) is 19.2 Å². The summed E-state index contributed by atoms with van der Waals surface area (Å²) >= 11 is 0. The summed E-state index contributed by atoms with van der Waals surface area (Å²) in [4.78, 5) is 15.9. The number of carbonyl (C=O) groups excluding carboxylic acids is 1. The summed E-state index contributed by atoms with van der Waals surface area (Å²) in [5.74, 6) is -0.619. The number of benzene rings is 2. The van der Waals surface area contributed by atoms with Crippen LogP contribution in [0.25, 0.3) is 0 Å². The summed E-state index contributed by atoms with van der Waals surface area (Å²) in [7, 11) is 1.37. The standard InChI is InChI=1S/C20H25N5O2/c1-27-18(26)12-15(8-7-13-5-3-2-4-6-13)14-9-10-17(25-20(23)24)16(11-14)19(21)22/h2-6,9-11,15H,7-8,12H2,1H3,(H3,21,22)(H4,23,24,25). The maximum absolute atomic E-state index is 11.9. The molecule has 7 nitrogen and oxygen atoms in total. The van der Waals surface area contributed by atoms with Crippen molar-refractivity contribution >= 4 is 23.5 Å². The van der Waals surface area contributed by atoms with Gasteiger partial charge in [-0.25, -0.2) is 4.99 Å². The number of carbonyl (C=O) groups is 1. The molecule has 0 amide bonds. The Morgan fingerprint density at radius 3 is 2.44 bits per heavy atom. The number of esters is 1. The molecule has 0 spiro atoms. The molecule has 27 heavy (non-hydrogen) atoms. The Hall–Kier alpha value is -3.35. The number of rotatable bonds is 8. The van der Waals surface area contributed by atoms with Crippen LogP contribution >= 0.6 is 0 Å². The highest BCUT2D eigenvalue weighted by Crippen LogP contribution is 2.30. The average molecular weight is 367 g/mol. The number of hydrogen-bond acceptors (Lipinski definition) is 4. The highest BCUT2D eigenvalue weighted by atomic mass is 16.5. The molecular formula is C20H25N5O2. The number of aryl methyl sites for hydroxylation is 1. The van der Waals surface area contributed by atoms with Crippen molar-refractivity contribution in [1.82, 2.24) is 0 Å². The first-order chi connectivity index (χ1) is 12.9. The number of amidine groups is 1. The van der Waals surface area contributed by atoms with Gasteiger partial charge in [0.15, 0.2) is 5.96 Å². The molecule has 1 atom stereocenters. The van der Waals surface area contributed by atoms with Crippen LogP contribution in [0.3, 0.4) is 0 Å². The first-order valence-electron chi connectivity index (χ1n) is 8.59. The van der Waals surface area contributed by atoms with Crippen molar-refractivity contribution in [2.24, 2.45) is 22.2 Å². The lowest BCUT2D eigenvalue weighted by Gasteiger charge is -2.18. The Morgan fingerprint density at radius 2 is 1.85 bits per heavy atom. The minimum absolute atomic E-state index is 0.0796. The molecular weight excluding hydrogens is 342 g/mol. The normalized spacial score (nSPS) is 11.4. The van der Waals surface area contributed by atoms with Crippen molar-refractivity contribution in [1.29, 1.82) is 5.41 Å². The van der Waals surface area contributed by atoms with E-state index < -0.39 is 0 Å². The van der Waals surface area contributed by atoms with Gasteiger partial charge in [-0.05, 0) is 42.0 Å². The van der Waals surface area contributed by atoms with Crippen LogP contribution in [0.15, 0.2) is 53.5 Å². The largest absolute Gasteiger partial charge is 0.469 e. The lowest BCUT2D eigenvalue weighted by molar-refractivity contribution is -0.141. The minimum Gasteiger partial charge on any atom is -0.469 e. The Balaban J connectivity index is 2.33. The Morgan fingerprint density at radius 1 is 1.15 bits per heavy atom. The Labute approximate surface area is 158 Å². The third-order valence-electron chi connectivity index (χ3n) is 4.30. The molecule has 0 saturated carbocycles. The van der Waals surface area contributed by atoms with E-state index in [4.69, 9.17) is 27.3 Å². The number of guanidine groups is 1. The number of ether oxygens (including phenoxy) is 1. The Bertz CT molecular complexity index is 830. The second-order valence-electron chi connectivity index (χ2n) is 6.23. The summed E-state index contributed by atoms with van der Waals surface area (Å²) in [5, 5.41) is 7.81. The highest BCUT2D eigenvalue weighted by Gasteiger charge is 2.19. The molecule has 7 N–H and O–H groups in total. The monoisotopic (exact) mass is 367 g/mol. The quantitative estimate of drug-likeness (QED) is 0.321. The van der Waals surface area contributed by atoms with E-state index in [2.05, 4.69) is 17.1 Å². The zero-order valence-electron chi connectivity index (χ0n) is 15.3. The fourth-order valence-corrected chi connectivity index (χ4v) is 2.92. The summed E-state index contributed by atoms with van der Waals surface area (Å²) in [5.41, 5.74) is 19.5. The van der Waals surface area contributed by atoms with Gasteiger partial charge in [-0.15, -0.1) is 0 Å². The van der Waals surface area contributed by atoms with Crippen molar-refractivity contribution < 1.29 is 9.53 Å². The zero-order chi connectivity index (χ0) is 19.8. The van der Waals surface area contributed by atoms with E-state index in [1.165, 1.54) is 12.7 Å². The number of hydrogen-bond donors (Lipinski definition) is 4. The van der Waals surface area contributed by atoms with Gasteiger partial charge in [0, 0.05) is 5.56 Å². The van der Waals surface area contributed by atoms with Crippen LogP contribution in [0.1, 0.15) is 35.4 Å². The van der Waals surface area contributed by atoms with Crippen LogP contribution in [-0.2, 0) is 16.0 Å². The summed E-state index contributed by atoms with van der Waals surface area (Å²) in [6.07, 6.45) is 1.80. The van der Waals surface area contributed by atoms with Gasteiger partial charge >= 0.3 is 5.97 Å². The lowest BCUT2D eigenvalue weighted by Crippen LogP contribution is -2.22. The van der Waals surface area contributed by atoms with Gasteiger partial charge in [-0.2, -0.15) is 0 Å². The predicted octanol–water partition coefficient (Wildman–Crippen LogP) is 2.16. The molecule has 1 unspecified atom stereocenters. The van der Waals surface area contributed by atoms with E-state index in [0.717, 1.165) is 18.4 Å². The van der Waals surface area contributed by atoms with E-state index in [9.17, 15) is 4.79 Å². The molecule has 2 aromatic carbocycles. The lowest BCUT2D eigenvalue weighted by atomic mass is 9.88.